The Bertz CT molecular complexity index is 1110. The summed E-state index contributed by atoms with van der Waals surface area (Å²) in [6, 6.07) is 11.9. The lowest BCUT2D eigenvalue weighted by Crippen LogP contribution is -2.37. The zero-order chi connectivity index (χ0) is 20.9. The summed E-state index contributed by atoms with van der Waals surface area (Å²) in [4.78, 5) is 19.7. The molecule has 2 N–H and O–H groups in total. The van der Waals surface area contributed by atoms with Crippen molar-refractivity contribution in [2.75, 3.05) is 36.9 Å². The predicted molar refractivity (Wildman–Crippen MR) is 117 cm³/mol. The largest absolute Gasteiger partial charge is 0.450 e. The van der Waals surface area contributed by atoms with Crippen LogP contribution in [0.1, 0.15) is 13.8 Å². The van der Waals surface area contributed by atoms with E-state index in [1.165, 1.54) is 0 Å². The molecule has 0 atom stereocenters. The number of nitrogens with zero attached hydrogens (tertiary/aromatic N) is 5. The molecule has 154 valence electrons. The summed E-state index contributed by atoms with van der Waals surface area (Å²) in [5, 5.41) is 0. The standard InChI is InChI=1S/C20H18N6O2.C2H6/c21-20-22-11-14(12-23-20)18-24-15-10-16(13-4-2-1-3-5-13)28-17(15)19(25-18)26-6-8-27-9-7-26;1-2/h1-5,10-12H,6-9H2,(H2,21,22,23);1-2H3. The van der Waals surface area contributed by atoms with Gasteiger partial charge in [0, 0.05) is 37.1 Å². The average molecular weight is 404 g/mol. The molecule has 1 fully saturated rings. The maximum atomic E-state index is 6.19. The van der Waals surface area contributed by atoms with E-state index in [1.54, 1.807) is 12.4 Å². The van der Waals surface area contributed by atoms with Crippen LogP contribution in [-0.2, 0) is 4.74 Å². The Labute approximate surface area is 174 Å². The molecule has 5 rings (SSSR count). The van der Waals surface area contributed by atoms with Crippen LogP contribution in [0.2, 0.25) is 0 Å². The highest BCUT2D eigenvalue weighted by Crippen LogP contribution is 2.34. The average Bonchev–Trinajstić information content (AvgIpc) is 3.26. The van der Waals surface area contributed by atoms with Gasteiger partial charge >= 0.3 is 0 Å². The summed E-state index contributed by atoms with van der Waals surface area (Å²) in [6.07, 6.45) is 3.26. The quantitative estimate of drug-likeness (QED) is 0.550. The minimum absolute atomic E-state index is 0.216. The molecule has 3 aromatic heterocycles. The van der Waals surface area contributed by atoms with Crippen molar-refractivity contribution in [2.24, 2.45) is 0 Å². The summed E-state index contributed by atoms with van der Waals surface area (Å²) in [5.74, 6) is 2.26. The monoisotopic (exact) mass is 404 g/mol. The number of aromatic nitrogens is 4. The third-order valence-corrected chi connectivity index (χ3v) is 4.65. The van der Waals surface area contributed by atoms with Crippen molar-refractivity contribution in [3.8, 4) is 22.7 Å². The molecule has 4 heterocycles. The van der Waals surface area contributed by atoms with Gasteiger partial charge in [0.1, 0.15) is 11.3 Å². The second kappa shape index (κ2) is 8.87. The zero-order valence-electron chi connectivity index (χ0n) is 17.1. The fourth-order valence-electron chi connectivity index (χ4n) is 3.23. The van der Waals surface area contributed by atoms with Crippen LogP contribution in [0.3, 0.4) is 0 Å². The van der Waals surface area contributed by atoms with E-state index in [9.17, 15) is 0 Å². The first-order valence-corrected chi connectivity index (χ1v) is 10.1. The number of rotatable bonds is 3. The van der Waals surface area contributed by atoms with Crippen molar-refractivity contribution in [1.29, 1.82) is 0 Å². The van der Waals surface area contributed by atoms with Gasteiger partial charge < -0.3 is 19.8 Å². The lowest BCUT2D eigenvalue weighted by molar-refractivity contribution is 0.122. The molecule has 0 saturated carbocycles. The highest BCUT2D eigenvalue weighted by Gasteiger charge is 2.22. The Balaban J connectivity index is 0.00000106. The third kappa shape index (κ3) is 3.95. The minimum atomic E-state index is 0.216. The predicted octanol–water partition coefficient (Wildman–Crippen LogP) is 3.79. The van der Waals surface area contributed by atoms with E-state index in [2.05, 4.69) is 14.9 Å². The summed E-state index contributed by atoms with van der Waals surface area (Å²) >= 11 is 0. The first-order valence-electron chi connectivity index (χ1n) is 10.1. The number of ether oxygens (including phenoxy) is 1. The molecule has 0 amide bonds. The number of fused-ring (bicyclic) bond motifs is 1. The topological polar surface area (TPSA) is 103 Å². The number of morpholine rings is 1. The van der Waals surface area contributed by atoms with E-state index < -0.39 is 0 Å². The molecule has 0 unspecified atom stereocenters. The number of hydrogen-bond donors (Lipinski definition) is 1. The van der Waals surface area contributed by atoms with Gasteiger partial charge in [-0.2, -0.15) is 0 Å². The second-order valence-corrected chi connectivity index (χ2v) is 6.49. The fraction of sp³-hybridized carbons (Fsp3) is 0.273. The van der Waals surface area contributed by atoms with Gasteiger partial charge in [0.25, 0.3) is 0 Å². The SMILES string of the molecule is CC.Nc1ncc(-c2nc(N3CCOCC3)c3oc(-c4ccccc4)cc3n2)cn1. The maximum Gasteiger partial charge on any atom is 0.219 e. The highest BCUT2D eigenvalue weighted by molar-refractivity contribution is 5.89. The summed E-state index contributed by atoms with van der Waals surface area (Å²) < 4.78 is 11.7. The molecule has 0 aliphatic carbocycles. The molecular formula is C22H24N6O2. The molecule has 1 saturated heterocycles. The first-order chi connectivity index (χ1) is 14.8. The van der Waals surface area contributed by atoms with Crippen molar-refractivity contribution in [3.05, 3.63) is 48.8 Å². The van der Waals surface area contributed by atoms with Gasteiger partial charge in [-0.3, -0.25) is 0 Å². The van der Waals surface area contributed by atoms with Crippen molar-refractivity contribution < 1.29 is 9.15 Å². The highest BCUT2D eigenvalue weighted by atomic mass is 16.5. The molecule has 1 aliphatic heterocycles. The van der Waals surface area contributed by atoms with E-state index in [1.807, 2.05) is 50.2 Å². The number of nitrogens with two attached hydrogens (primary N) is 1. The van der Waals surface area contributed by atoms with Gasteiger partial charge in [0.15, 0.2) is 17.2 Å². The van der Waals surface area contributed by atoms with Crippen molar-refractivity contribution >= 4 is 22.9 Å². The summed E-state index contributed by atoms with van der Waals surface area (Å²) in [7, 11) is 0. The van der Waals surface area contributed by atoms with E-state index >= 15 is 0 Å². The Hall–Kier alpha value is -3.52. The van der Waals surface area contributed by atoms with E-state index in [0.717, 1.165) is 35.7 Å². The van der Waals surface area contributed by atoms with Crippen molar-refractivity contribution in [3.63, 3.8) is 0 Å². The normalized spacial score (nSPS) is 13.7. The number of nitrogen functional groups attached to an aromatic ring is 1. The van der Waals surface area contributed by atoms with Crippen LogP contribution in [0.15, 0.2) is 53.2 Å². The molecule has 0 spiro atoms. The van der Waals surface area contributed by atoms with Gasteiger partial charge in [0.2, 0.25) is 5.95 Å². The Morgan fingerprint density at radius 3 is 2.33 bits per heavy atom. The lowest BCUT2D eigenvalue weighted by Gasteiger charge is -2.27. The molecule has 0 bridgehead atoms. The van der Waals surface area contributed by atoms with Gasteiger partial charge in [-0.25, -0.2) is 19.9 Å². The van der Waals surface area contributed by atoms with E-state index in [4.69, 9.17) is 24.9 Å². The molecule has 1 aromatic carbocycles. The third-order valence-electron chi connectivity index (χ3n) is 4.65. The van der Waals surface area contributed by atoms with Gasteiger partial charge in [0.05, 0.1) is 18.8 Å². The maximum absolute atomic E-state index is 6.19. The van der Waals surface area contributed by atoms with Crippen LogP contribution < -0.4 is 10.6 Å². The van der Waals surface area contributed by atoms with Crippen LogP contribution in [-0.4, -0.2) is 46.2 Å². The van der Waals surface area contributed by atoms with Crippen molar-refractivity contribution in [1.82, 2.24) is 19.9 Å². The summed E-state index contributed by atoms with van der Waals surface area (Å²) in [5.41, 5.74) is 8.71. The molecule has 8 heteroatoms. The van der Waals surface area contributed by atoms with E-state index in [0.29, 0.717) is 30.2 Å². The zero-order valence-corrected chi connectivity index (χ0v) is 17.1. The molecule has 8 nitrogen and oxygen atoms in total. The molecule has 1 aliphatic rings. The van der Waals surface area contributed by atoms with Crippen molar-refractivity contribution in [2.45, 2.75) is 13.8 Å². The Kier molecular flexibility index (Phi) is 5.85. The van der Waals surface area contributed by atoms with Gasteiger partial charge in [-0.15, -0.1) is 0 Å². The molecule has 0 radical (unpaired) electrons. The Morgan fingerprint density at radius 2 is 1.63 bits per heavy atom. The Morgan fingerprint density at radius 1 is 0.933 bits per heavy atom. The second-order valence-electron chi connectivity index (χ2n) is 6.49. The van der Waals surface area contributed by atoms with Crippen LogP contribution in [0.5, 0.6) is 0 Å². The van der Waals surface area contributed by atoms with Crippen LogP contribution in [0.4, 0.5) is 11.8 Å². The molecular weight excluding hydrogens is 380 g/mol. The van der Waals surface area contributed by atoms with Crippen LogP contribution in [0.25, 0.3) is 33.8 Å². The lowest BCUT2D eigenvalue weighted by atomic mass is 10.2. The van der Waals surface area contributed by atoms with Crippen LogP contribution in [0, 0.1) is 0 Å². The number of hydrogen-bond acceptors (Lipinski definition) is 8. The van der Waals surface area contributed by atoms with Gasteiger partial charge in [-0.1, -0.05) is 44.2 Å². The number of furan rings is 1. The summed E-state index contributed by atoms with van der Waals surface area (Å²) in [6.45, 7) is 6.78. The number of anilines is 2. The van der Waals surface area contributed by atoms with Crippen LogP contribution >= 0.6 is 0 Å². The minimum Gasteiger partial charge on any atom is -0.450 e. The number of benzene rings is 1. The fourth-order valence-corrected chi connectivity index (χ4v) is 3.23. The molecule has 4 aromatic rings. The first kappa shape index (κ1) is 19.8. The smallest absolute Gasteiger partial charge is 0.219 e. The van der Waals surface area contributed by atoms with Gasteiger partial charge in [-0.05, 0) is 0 Å². The molecule has 30 heavy (non-hydrogen) atoms. The van der Waals surface area contributed by atoms with E-state index in [-0.39, 0.29) is 5.95 Å².